The summed E-state index contributed by atoms with van der Waals surface area (Å²) in [6, 6.07) is 10.0. The summed E-state index contributed by atoms with van der Waals surface area (Å²) >= 11 is 0. The second-order valence-corrected chi connectivity index (χ2v) is 6.22. The number of aromatic nitrogens is 2. The van der Waals surface area contributed by atoms with Gasteiger partial charge in [-0.15, -0.1) is 0 Å². The molecule has 0 saturated carbocycles. The molecule has 0 aliphatic carbocycles. The number of rotatable bonds is 4. The van der Waals surface area contributed by atoms with Gasteiger partial charge in [0.15, 0.2) is 0 Å². The van der Waals surface area contributed by atoms with Gasteiger partial charge in [0.25, 0.3) is 5.56 Å². The van der Waals surface area contributed by atoms with Crippen LogP contribution in [0.5, 0.6) is 0 Å². The molecular formula is C18H21N3O4. The standard InChI is InChI=1S/C18H21N3O4/c1-25-18(14-5-3-2-4-6-14)7-9-21(10-8-18)15(22)11-13-12-19-17(24)20-16(13)23/h2-6,12H,7-11H2,1H3,(H2,19,20,23,24). The fourth-order valence-corrected chi connectivity index (χ4v) is 3.31. The number of aromatic amines is 2. The topological polar surface area (TPSA) is 95.3 Å². The summed E-state index contributed by atoms with van der Waals surface area (Å²) in [6.45, 7) is 1.12. The molecule has 0 atom stereocenters. The molecule has 1 saturated heterocycles. The summed E-state index contributed by atoms with van der Waals surface area (Å²) in [4.78, 5) is 41.5. The molecule has 2 aromatic rings. The summed E-state index contributed by atoms with van der Waals surface area (Å²) < 4.78 is 5.81. The average Bonchev–Trinajstić information content (AvgIpc) is 2.65. The Bertz CT molecular complexity index is 848. The third-order valence-electron chi connectivity index (χ3n) is 4.85. The highest BCUT2D eigenvalue weighted by molar-refractivity contribution is 5.78. The van der Waals surface area contributed by atoms with Gasteiger partial charge in [0, 0.05) is 32.0 Å². The van der Waals surface area contributed by atoms with E-state index in [9.17, 15) is 14.4 Å². The van der Waals surface area contributed by atoms with Crippen LogP contribution in [0.1, 0.15) is 24.0 Å². The Morgan fingerprint density at radius 2 is 1.88 bits per heavy atom. The summed E-state index contributed by atoms with van der Waals surface area (Å²) in [5, 5.41) is 0. The maximum atomic E-state index is 12.5. The molecule has 2 heterocycles. The van der Waals surface area contributed by atoms with Crippen LogP contribution >= 0.6 is 0 Å². The van der Waals surface area contributed by atoms with Crippen LogP contribution in [0.25, 0.3) is 0 Å². The predicted molar refractivity (Wildman–Crippen MR) is 92.3 cm³/mol. The van der Waals surface area contributed by atoms with E-state index in [-0.39, 0.29) is 23.5 Å². The van der Waals surface area contributed by atoms with Gasteiger partial charge in [0.05, 0.1) is 12.0 Å². The molecule has 1 aliphatic rings. The van der Waals surface area contributed by atoms with Gasteiger partial charge < -0.3 is 14.6 Å². The minimum absolute atomic E-state index is 0.0303. The maximum Gasteiger partial charge on any atom is 0.325 e. The molecule has 3 rings (SSSR count). The molecule has 1 aliphatic heterocycles. The van der Waals surface area contributed by atoms with E-state index < -0.39 is 11.2 Å². The largest absolute Gasteiger partial charge is 0.373 e. The summed E-state index contributed by atoms with van der Waals surface area (Å²) in [5.74, 6) is -0.129. The molecule has 1 aromatic carbocycles. The van der Waals surface area contributed by atoms with Crippen LogP contribution in [0.4, 0.5) is 0 Å². The van der Waals surface area contributed by atoms with E-state index in [1.54, 1.807) is 12.0 Å². The summed E-state index contributed by atoms with van der Waals surface area (Å²) in [6.07, 6.45) is 2.66. The number of hydrogen-bond donors (Lipinski definition) is 2. The van der Waals surface area contributed by atoms with E-state index in [2.05, 4.69) is 9.97 Å². The van der Waals surface area contributed by atoms with Crippen molar-refractivity contribution in [3.8, 4) is 0 Å². The zero-order valence-corrected chi connectivity index (χ0v) is 14.1. The minimum Gasteiger partial charge on any atom is -0.373 e. The molecule has 132 valence electrons. The fraction of sp³-hybridized carbons (Fsp3) is 0.389. The number of H-pyrrole nitrogens is 2. The molecule has 0 radical (unpaired) electrons. The number of ether oxygens (including phenoxy) is 1. The molecule has 7 heteroatoms. The molecule has 2 N–H and O–H groups in total. The van der Waals surface area contributed by atoms with Crippen molar-refractivity contribution < 1.29 is 9.53 Å². The minimum atomic E-state index is -0.577. The van der Waals surface area contributed by atoms with E-state index in [0.29, 0.717) is 25.9 Å². The third-order valence-corrected chi connectivity index (χ3v) is 4.85. The Morgan fingerprint density at radius 3 is 2.48 bits per heavy atom. The van der Waals surface area contributed by atoms with Gasteiger partial charge in [-0.3, -0.25) is 14.6 Å². The van der Waals surface area contributed by atoms with E-state index in [0.717, 1.165) is 5.56 Å². The predicted octanol–water partition coefficient (Wildman–Crippen LogP) is 0.770. The second-order valence-electron chi connectivity index (χ2n) is 6.22. The maximum absolute atomic E-state index is 12.5. The van der Waals surface area contributed by atoms with Gasteiger partial charge in [-0.2, -0.15) is 0 Å². The van der Waals surface area contributed by atoms with Crippen molar-refractivity contribution in [1.82, 2.24) is 14.9 Å². The molecule has 1 aromatic heterocycles. The van der Waals surface area contributed by atoms with E-state index in [1.807, 2.05) is 30.3 Å². The van der Waals surface area contributed by atoms with Crippen LogP contribution in [0.3, 0.4) is 0 Å². The van der Waals surface area contributed by atoms with Gasteiger partial charge in [-0.25, -0.2) is 4.79 Å². The lowest BCUT2D eigenvalue weighted by Gasteiger charge is -2.41. The molecule has 25 heavy (non-hydrogen) atoms. The van der Waals surface area contributed by atoms with Crippen molar-refractivity contribution in [2.24, 2.45) is 0 Å². The van der Waals surface area contributed by atoms with Crippen molar-refractivity contribution >= 4 is 5.91 Å². The number of carbonyl (C=O) groups is 1. The van der Waals surface area contributed by atoms with Gasteiger partial charge in [-0.05, 0) is 18.4 Å². The first kappa shape index (κ1) is 17.2. The molecule has 0 unspecified atom stereocenters. The Balaban J connectivity index is 1.68. The van der Waals surface area contributed by atoms with Gasteiger partial charge in [-0.1, -0.05) is 30.3 Å². The summed E-state index contributed by atoms with van der Waals surface area (Å²) in [5.41, 5.74) is -0.109. The first-order valence-corrected chi connectivity index (χ1v) is 8.23. The highest BCUT2D eigenvalue weighted by atomic mass is 16.5. The number of amides is 1. The number of nitrogens with one attached hydrogen (secondary N) is 2. The zero-order chi connectivity index (χ0) is 17.9. The van der Waals surface area contributed by atoms with Gasteiger partial charge in [0.1, 0.15) is 0 Å². The first-order valence-electron chi connectivity index (χ1n) is 8.23. The lowest BCUT2D eigenvalue weighted by molar-refractivity contribution is -0.136. The Kier molecular flexibility index (Phi) is 4.85. The second kappa shape index (κ2) is 7.06. The van der Waals surface area contributed by atoms with Crippen LogP contribution < -0.4 is 11.2 Å². The first-order chi connectivity index (χ1) is 12.0. The quantitative estimate of drug-likeness (QED) is 0.857. The monoisotopic (exact) mass is 343 g/mol. The fourth-order valence-electron chi connectivity index (χ4n) is 3.31. The number of benzene rings is 1. The Hall–Kier alpha value is -2.67. The van der Waals surface area contributed by atoms with Crippen molar-refractivity contribution in [2.75, 3.05) is 20.2 Å². The summed E-state index contributed by atoms with van der Waals surface area (Å²) in [7, 11) is 1.70. The molecule has 1 fully saturated rings. The third kappa shape index (κ3) is 3.56. The number of piperidine rings is 1. The molecule has 0 spiro atoms. The molecule has 7 nitrogen and oxygen atoms in total. The van der Waals surface area contributed by atoms with Crippen LogP contribution in [-0.2, 0) is 21.6 Å². The SMILES string of the molecule is COC1(c2ccccc2)CCN(C(=O)Cc2c[nH]c(=O)[nH]c2=O)CC1. The molecule has 1 amide bonds. The normalized spacial score (nSPS) is 16.6. The molecular weight excluding hydrogens is 322 g/mol. The highest BCUT2D eigenvalue weighted by Crippen LogP contribution is 2.36. The number of likely N-dealkylation sites (tertiary alicyclic amines) is 1. The number of nitrogens with zero attached hydrogens (tertiary/aromatic N) is 1. The van der Waals surface area contributed by atoms with E-state index in [1.165, 1.54) is 6.20 Å². The van der Waals surface area contributed by atoms with Gasteiger partial charge >= 0.3 is 5.69 Å². The smallest absolute Gasteiger partial charge is 0.325 e. The number of methoxy groups -OCH3 is 1. The van der Waals surface area contributed by atoms with Crippen molar-refractivity contribution in [1.29, 1.82) is 0 Å². The number of carbonyl (C=O) groups excluding carboxylic acids is 1. The Labute approximate surface area is 144 Å². The van der Waals surface area contributed by atoms with Crippen LogP contribution in [0.15, 0.2) is 46.1 Å². The number of hydrogen-bond acceptors (Lipinski definition) is 4. The Morgan fingerprint density at radius 1 is 1.20 bits per heavy atom. The van der Waals surface area contributed by atoms with Crippen LogP contribution in [0, 0.1) is 0 Å². The lowest BCUT2D eigenvalue weighted by atomic mass is 9.84. The lowest BCUT2D eigenvalue weighted by Crippen LogP contribution is -2.47. The van der Waals surface area contributed by atoms with Crippen LogP contribution in [0.2, 0.25) is 0 Å². The van der Waals surface area contributed by atoms with E-state index >= 15 is 0 Å². The van der Waals surface area contributed by atoms with E-state index in [4.69, 9.17) is 4.74 Å². The zero-order valence-electron chi connectivity index (χ0n) is 14.1. The molecule has 0 bridgehead atoms. The average molecular weight is 343 g/mol. The highest BCUT2D eigenvalue weighted by Gasteiger charge is 2.37. The van der Waals surface area contributed by atoms with Crippen molar-refractivity contribution in [2.45, 2.75) is 24.9 Å². The van der Waals surface area contributed by atoms with Gasteiger partial charge in [0.2, 0.25) is 5.91 Å². The van der Waals surface area contributed by atoms with Crippen molar-refractivity contribution in [3.63, 3.8) is 0 Å². The van der Waals surface area contributed by atoms with Crippen molar-refractivity contribution in [3.05, 3.63) is 68.5 Å². The van der Waals surface area contributed by atoms with Crippen LogP contribution in [-0.4, -0.2) is 41.0 Å².